The van der Waals surface area contributed by atoms with E-state index in [-0.39, 0.29) is 5.57 Å². The summed E-state index contributed by atoms with van der Waals surface area (Å²) in [5.41, 5.74) is 9.57. The number of allylic oxidation sites excluding steroid dienone is 2. The number of primary amides is 2. The second kappa shape index (κ2) is 4.55. The maximum absolute atomic E-state index is 11.2. The number of hydrogen-bond donors (Lipinski definition) is 3. The van der Waals surface area contributed by atoms with Gasteiger partial charge < -0.3 is 16.4 Å². The third-order valence-electron chi connectivity index (χ3n) is 2.03. The fourth-order valence-electron chi connectivity index (χ4n) is 1.45. The summed E-state index contributed by atoms with van der Waals surface area (Å²) >= 11 is 0. The minimum absolute atomic E-state index is 0.337. The Balaban J connectivity index is 3.19. The molecule has 1 aliphatic heterocycles. The Hall–Kier alpha value is -1.87. The fraction of sp³-hybridized carbons (Fsp3) is 0.250. The molecule has 0 saturated heterocycles. The molecule has 5 N–H and O–H groups in total. The lowest BCUT2D eigenvalue weighted by Crippen LogP contribution is -2.46. The van der Waals surface area contributed by atoms with E-state index in [9.17, 15) is 18.0 Å². The number of nitrogens with two attached hydrogens (primary N) is 2. The van der Waals surface area contributed by atoms with Crippen LogP contribution in [0.2, 0.25) is 0 Å². The van der Waals surface area contributed by atoms with Crippen LogP contribution >= 0.6 is 0 Å². The maximum atomic E-state index is 11.2. The SMILES string of the molecule is NC(=O)CN1C=CC=C(C(N)=O)C1S(=O)(=O)O. The predicted octanol–water partition coefficient (Wildman–Crippen LogP) is -2.07. The number of rotatable bonds is 4. The van der Waals surface area contributed by atoms with Crippen LogP contribution in [0.3, 0.4) is 0 Å². The molecule has 0 aromatic rings. The molecule has 0 fully saturated rings. The molecule has 0 spiro atoms. The minimum atomic E-state index is -4.62. The summed E-state index contributed by atoms with van der Waals surface area (Å²) in [7, 11) is -4.62. The highest BCUT2D eigenvalue weighted by atomic mass is 32.2. The van der Waals surface area contributed by atoms with Crippen molar-refractivity contribution in [1.29, 1.82) is 0 Å². The molecule has 0 aromatic heterocycles. The molecule has 2 amide bonds. The van der Waals surface area contributed by atoms with Gasteiger partial charge in [-0.05, 0) is 12.2 Å². The van der Waals surface area contributed by atoms with Gasteiger partial charge in [-0.3, -0.25) is 14.1 Å². The van der Waals surface area contributed by atoms with Gasteiger partial charge in [0, 0.05) is 6.20 Å². The molecule has 1 heterocycles. The monoisotopic (exact) mass is 261 g/mol. The molecule has 0 saturated carbocycles. The topological polar surface area (TPSA) is 144 Å². The third-order valence-corrected chi connectivity index (χ3v) is 3.11. The Morgan fingerprint density at radius 3 is 2.41 bits per heavy atom. The highest BCUT2D eigenvalue weighted by molar-refractivity contribution is 7.86. The zero-order chi connectivity index (χ0) is 13.2. The van der Waals surface area contributed by atoms with Crippen LogP contribution in [0.4, 0.5) is 0 Å². The van der Waals surface area contributed by atoms with Crippen LogP contribution in [-0.2, 0) is 19.7 Å². The van der Waals surface area contributed by atoms with Gasteiger partial charge in [0.15, 0.2) is 5.37 Å². The van der Waals surface area contributed by atoms with Crippen LogP contribution in [0.1, 0.15) is 0 Å². The van der Waals surface area contributed by atoms with E-state index < -0.39 is 33.9 Å². The summed E-state index contributed by atoms with van der Waals surface area (Å²) in [4.78, 5) is 22.7. The molecule has 9 heteroatoms. The first kappa shape index (κ1) is 13.2. The molecule has 0 aliphatic carbocycles. The summed E-state index contributed by atoms with van der Waals surface area (Å²) < 4.78 is 31.4. The largest absolute Gasteiger partial charge is 0.368 e. The Bertz CT molecular complexity index is 507. The molecule has 1 atom stereocenters. The van der Waals surface area contributed by atoms with E-state index in [1.54, 1.807) is 0 Å². The molecule has 0 bridgehead atoms. The summed E-state index contributed by atoms with van der Waals surface area (Å²) in [6.07, 6.45) is 3.69. The molecule has 17 heavy (non-hydrogen) atoms. The smallest absolute Gasteiger partial charge is 0.290 e. The van der Waals surface area contributed by atoms with Crippen LogP contribution in [0, 0.1) is 0 Å². The van der Waals surface area contributed by atoms with Crippen LogP contribution in [0.15, 0.2) is 23.9 Å². The molecular formula is C8H11N3O5S. The van der Waals surface area contributed by atoms with Crippen LogP contribution in [-0.4, -0.2) is 41.6 Å². The first-order chi connectivity index (χ1) is 7.73. The van der Waals surface area contributed by atoms with Gasteiger partial charge in [-0.1, -0.05) is 0 Å². The van der Waals surface area contributed by atoms with Gasteiger partial charge in [0.2, 0.25) is 11.8 Å². The van der Waals surface area contributed by atoms with E-state index in [1.165, 1.54) is 12.3 Å². The van der Waals surface area contributed by atoms with Crippen LogP contribution in [0.25, 0.3) is 0 Å². The van der Waals surface area contributed by atoms with E-state index in [2.05, 4.69) is 0 Å². The van der Waals surface area contributed by atoms with Crippen LogP contribution < -0.4 is 11.5 Å². The van der Waals surface area contributed by atoms with E-state index in [0.717, 1.165) is 11.0 Å². The predicted molar refractivity (Wildman–Crippen MR) is 57.7 cm³/mol. The second-order valence-electron chi connectivity index (χ2n) is 3.33. The lowest BCUT2D eigenvalue weighted by atomic mass is 10.1. The van der Waals surface area contributed by atoms with E-state index >= 15 is 0 Å². The Labute approximate surface area is 97.3 Å². The summed E-state index contributed by atoms with van der Waals surface area (Å²) in [5.74, 6) is -1.82. The second-order valence-corrected chi connectivity index (χ2v) is 4.81. The average Bonchev–Trinajstić information content (AvgIpc) is 2.14. The van der Waals surface area contributed by atoms with Crippen molar-refractivity contribution in [3.8, 4) is 0 Å². The zero-order valence-electron chi connectivity index (χ0n) is 8.61. The number of amides is 2. The number of hydrogen-bond acceptors (Lipinski definition) is 5. The Kier molecular flexibility index (Phi) is 3.53. The van der Waals surface area contributed by atoms with Gasteiger partial charge >= 0.3 is 0 Å². The van der Waals surface area contributed by atoms with Crippen LogP contribution in [0.5, 0.6) is 0 Å². The van der Waals surface area contributed by atoms with Crippen molar-refractivity contribution in [3.05, 3.63) is 23.9 Å². The highest BCUT2D eigenvalue weighted by Gasteiger charge is 2.36. The van der Waals surface area contributed by atoms with Crippen molar-refractivity contribution >= 4 is 21.9 Å². The van der Waals surface area contributed by atoms with Crippen molar-refractivity contribution in [1.82, 2.24) is 4.90 Å². The lowest BCUT2D eigenvalue weighted by Gasteiger charge is -2.29. The molecular weight excluding hydrogens is 250 g/mol. The summed E-state index contributed by atoms with van der Waals surface area (Å²) in [6, 6.07) is 0. The molecule has 0 aromatic carbocycles. The van der Waals surface area contributed by atoms with E-state index in [1.807, 2.05) is 0 Å². The van der Waals surface area contributed by atoms with Gasteiger partial charge in [-0.15, -0.1) is 0 Å². The molecule has 0 radical (unpaired) electrons. The first-order valence-corrected chi connectivity index (χ1v) is 5.92. The van der Waals surface area contributed by atoms with Gasteiger partial charge in [0.25, 0.3) is 10.1 Å². The summed E-state index contributed by atoms with van der Waals surface area (Å²) in [5, 5.41) is -1.71. The number of nitrogens with zero attached hydrogens (tertiary/aromatic N) is 1. The highest BCUT2D eigenvalue weighted by Crippen LogP contribution is 2.20. The van der Waals surface area contributed by atoms with Gasteiger partial charge in [-0.25, -0.2) is 0 Å². The molecule has 94 valence electrons. The third kappa shape index (κ3) is 3.04. The normalized spacial score (nSPS) is 19.9. The molecule has 1 unspecified atom stereocenters. The molecule has 8 nitrogen and oxygen atoms in total. The van der Waals surface area contributed by atoms with Crippen molar-refractivity contribution in [3.63, 3.8) is 0 Å². The number of carbonyl (C=O) groups excluding carboxylic acids is 2. The van der Waals surface area contributed by atoms with Gasteiger partial charge in [0.05, 0.1) is 12.1 Å². The first-order valence-electron chi connectivity index (χ1n) is 4.42. The Morgan fingerprint density at radius 1 is 1.41 bits per heavy atom. The molecule has 1 aliphatic rings. The van der Waals surface area contributed by atoms with E-state index in [0.29, 0.717) is 0 Å². The minimum Gasteiger partial charge on any atom is -0.368 e. The quantitative estimate of drug-likeness (QED) is 0.496. The maximum Gasteiger partial charge on any atom is 0.290 e. The fourth-order valence-corrected chi connectivity index (χ4v) is 2.45. The molecule has 1 rings (SSSR count). The average molecular weight is 261 g/mol. The zero-order valence-corrected chi connectivity index (χ0v) is 9.42. The van der Waals surface area contributed by atoms with Crippen molar-refractivity contribution in [2.24, 2.45) is 11.5 Å². The Morgan fingerprint density at radius 2 is 2.00 bits per heavy atom. The van der Waals surface area contributed by atoms with Crippen molar-refractivity contribution in [2.75, 3.05) is 6.54 Å². The van der Waals surface area contributed by atoms with Gasteiger partial charge in [0.1, 0.15) is 0 Å². The van der Waals surface area contributed by atoms with Crippen molar-refractivity contribution in [2.45, 2.75) is 5.37 Å². The van der Waals surface area contributed by atoms with E-state index in [4.69, 9.17) is 16.0 Å². The lowest BCUT2D eigenvalue weighted by molar-refractivity contribution is -0.119. The van der Waals surface area contributed by atoms with Crippen molar-refractivity contribution < 1.29 is 22.6 Å². The standard InChI is InChI=1S/C8H11N3O5S/c9-6(12)4-11-3-1-2-5(7(10)13)8(11)17(14,15)16/h1-3,8H,4H2,(H2,9,12)(H2,10,13)(H,14,15,16). The van der Waals surface area contributed by atoms with Gasteiger partial charge in [-0.2, -0.15) is 8.42 Å². The summed E-state index contributed by atoms with van der Waals surface area (Å²) in [6.45, 7) is -0.467. The number of carbonyl (C=O) groups is 2.